The van der Waals surface area contributed by atoms with Crippen molar-refractivity contribution in [2.45, 2.75) is 76.7 Å². The van der Waals surface area contributed by atoms with Gasteiger partial charge in [-0.2, -0.15) is 0 Å². The summed E-state index contributed by atoms with van der Waals surface area (Å²) in [6.07, 6.45) is 15.5. The number of carbonyl (C=O) groups is 1. The van der Waals surface area contributed by atoms with Crippen LogP contribution in [0.4, 0.5) is 5.82 Å². The van der Waals surface area contributed by atoms with E-state index in [1.165, 1.54) is 68.9 Å². The van der Waals surface area contributed by atoms with E-state index in [9.17, 15) is 4.79 Å². The fourth-order valence-corrected chi connectivity index (χ4v) is 4.79. The zero-order valence-electron chi connectivity index (χ0n) is 16.5. The fourth-order valence-electron chi connectivity index (χ4n) is 4.79. The third kappa shape index (κ3) is 4.45. The molecule has 1 aromatic rings. The number of hydrogen-bond donors (Lipinski definition) is 1. The standard InChI is InChI=1S/C22H33N3O2/c26-22(25-12-14-27-15-13-25)20-16-23-21(19-11-7-6-10-18(19)20)24-17-8-4-2-1-3-5-9-17/h16-17H,1-15H2,(H,23,24). The van der Waals surface area contributed by atoms with Gasteiger partial charge < -0.3 is 15.0 Å². The van der Waals surface area contributed by atoms with E-state index in [-0.39, 0.29) is 5.91 Å². The molecule has 2 aliphatic carbocycles. The van der Waals surface area contributed by atoms with Gasteiger partial charge in [-0.1, -0.05) is 32.1 Å². The van der Waals surface area contributed by atoms with Crippen LogP contribution in [0.25, 0.3) is 0 Å². The lowest BCUT2D eigenvalue weighted by Crippen LogP contribution is -2.41. The molecule has 1 saturated heterocycles. The zero-order chi connectivity index (χ0) is 18.5. The van der Waals surface area contributed by atoms with E-state index in [2.05, 4.69) is 5.32 Å². The van der Waals surface area contributed by atoms with Crippen molar-refractivity contribution < 1.29 is 9.53 Å². The van der Waals surface area contributed by atoms with E-state index in [1.54, 1.807) is 0 Å². The molecule has 3 aliphatic rings. The molecule has 0 aromatic carbocycles. The van der Waals surface area contributed by atoms with Gasteiger partial charge in [-0.05, 0) is 49.7 Å². The van der Waals surface area contributed by atoms with Crippen LogP contribution >= 0.6 is 0 Å². The summed E-state index contributed by atoms with van der Waals surface area (Å²) in [7, 11) is 0. The predicted molar refractivity (Wildman–Crippen MR) is 107 cm³/mol. The molecular formula is C22H33N3O2. The fraction of sp³-hybridized carbons (Fsp3) is 0.727. The normalized spacial score (nSPS) is 21.9. The minimum absolute atomic E-state index is 0.140. The molecule has 27 heavy (non-hydrogen) atoms. The molecule has 0 bridgehead atoms. The molecule has 148 valence electrons. The number of anilines is 1. The molecule has 0 atom stereocenters. The molecule has 2 heterocycles. The maximum Gasteiger partial charge on any atom is 0.255 e. The van der Waals surface area contributed by atoms with Gasteiger partial charge in [0.2, 0.25) is 0 Å². The van der Waals surface area contributed by atoms with Gasteiger partial charge in [-0.25, -0.2) is 4.98 Å². The van der Waals surface area contributed by atoms with Crippen LogP contribution in [-0.4, -0.2) is 48.1 Å². The van der Waals surface area contributed by atoms with Crippen molar-refractivity contribution in [3.8, 4) is 0 Å². The van der Waals surface area contributed by atoms with E-state index in [4.69, 9.17) is 9.72 Å². The van der Waals surface area contributed by atoms with Crippen LogP contribution in [0.3, 0.4) is 0 Å². The number of rotatable bonds is 3. The van der Waals surface area contributed by atoms with Crippen molar-refractivity contribution in [3.05, 3.63) is 22.9 Å². The van der Waals surface area contributed by atoms with Gasteiger partial charge >= 0.3 is 0 Å². The Morgan fingerprint density at radius 3 is 2.37 bits per heavy atom. The summed E-state index contributed by atoms with van der Waals surface area (Å²) in [6, 6.07) is 0.532. The van der Waals surface area contributed by atoms with Crippen LogP contribution in [0.15, 0.2) is 6.20 Å². The van der Waals surface area contributed by atoms with Crippen molar-refractivity contribution in [3.63, 3.8) is 0 Å². The Hall–Kier alpha value is -1.62. The number of nitrogens with one attached hydrogen (secondary N) is 1. The summed E-state index contributed by atoms with van der Waals surface area (Å²) in [5.41, 5.74) is 3.39. The Bertz CT molecular complexity index is 647. The summed E-state index contributed by atoms with van der Waals surface area (Å²) in [6.45, 7) is 2.66. The molecule has 1 aromatic heterocycles. The number of fused-ring (bicyclic) bond motifs is 1. The van der Waals surface area contributed by atoms with Crippen LogP contribution < -0.4 is 5.32 Å². The monoisotopic (exact) mass is 371 g/mol. The molecule has 1 saturated carbocycles. The Balaban J connectivity index is 1.55. The third-order valence-electron chi connectivity index (χ3n) is 6.38. The average molecular weight is 372 g/mol. The first-order chi connectivity index (χ1) is 13.3. The van der Waals surface area contributed by atoms with Gasteiger partial charge in [0.25, 0.3) is 5.91 Å². The smallest absolute Gasteiger partial charge is 0.255 e. The topological polar surface area (TPSA) is 54.5 Å². The minimum Gasteiger partial charge on any atom is -0.378 e. The van der Waals surface area contributed by atoms with Crippen LogP contribution in [0, 0.1) is 0 Å². The maximum atomic E-state index is 13.1. The number of nitrogens with zero attached hydrogens (tertiary/aromatic N) is 2. The third-order valence-corrected chi connectivity index (χ3v) is 6.38. The lowest BCUT2D eigenvalue weighted by atomic mass is 9.88. The molecule has 2 fully saturated rings. The van der Waals surface area contributed by atoms with Crippen LogP contribution in [0.5, 0.6) is 0 Å². The highest BCUT2D eigenvalue weighted by atomic mass is 16.5. The SMILES string of the molecule is O=C(c1cnc(NC2CCCCCCC2)c2c1CCCC2)N1CCOCC1. The van der Waals surface area contributed by atoms with Gasteiger partial charge in [0.05, 0.1) is 18.8 Å². The van der Waals surface area contributed by atoms with Crippen molar-refractivity contribution in [2.75, 3.05) is 31.6 Å². The quantitative estimate of drug-likeness (QED) is 0.874. The average Bonchev–Trinajstić information content (AvgIpc) is 2.70. The van der Waals surface area contributed by atoms with Gasteiger partial charge in [-0.3, -0.25) is 4.79 Å². The highest BCUT2D eigenvalue weighted by Crippen LogP contribution is 2.31. The van der Waals surface area contributed by atoms with E-state index >= 15 is 0 Å². The molecule has 1 amide bonds. The first-order valence-electron chi connectivity index (χ1n) is 11.0. The van der Waals surface area contributed by atoms with E-state index < -0.39 is 0 Å². The number of amides is 1. The minimum atomic E-state index is 0.140. The molecule has 0 unspecified atom stereocenters. The first kappa shape index (κ1) is 18.7. The second kappa shape index (κ2) is 9.05. The summed E-state index contributed by atoms with van der Waals surface area (Å²) in [5, 5.41) is 3.77. The van der Waals surface area contributed by atoms with Crippen molar-refractivity contribution in [2.24, 2.45) is 0 Å². The van der Waals surface area contributed by atoms with Crippen molar-refractivity contribution in [1.82, 2.24) is 9.88 Å². The highest BCUT2D eigenvalue weighted by molar-refractivity contribution is 5.96. The molecule has 0 spiro atoms. The molecule has 0 radical (unpaired) electrons. The van der Waals surface area contributed by atoms with Gasteiger partial charge in [0.15, 0.2) is 0 Å². The molecule has 4 rings (SSSR count). The van der Waals surface area contributed by atoms with E-state index in [0.717, 1.165) is 24.2 Å². The van der Waals surface area contributed by atoms with E-state index in [1.807, 2.05) is 11.1 Å². The second-order valence-electron chi connectivity index (χ2n) is 8.28. The first-order valence-corrected chi connectivity index (χ1v) is 11.0. The van der Waals surface area contributed by atoms with Gasteiger partial charge in [0.1, 0.15) is 5.82 Å². The van der Waals surface area contributed by atoms with Gasteiger partial charge in [-0.15, -0.1) is 0 Å². The van der Waals surface area contributed by atoms with Crippen LogP contribution in [0.2, 0.25) is 0 Å². The molecular weight excluding hydrogens is 338 g/mol. The highest BCUT2D eigenvalue weighted by Gasteiger charge is 2.26. The summed E-state index contributed by atoms with van der Waals surface area (Å²) >= 11 is 0. The Morgan fingerprint density at radius 1 is 0.963 bits per heavy atom. The summed E-state index contributed by atoms with van der Waals surface area (Å²) in [4.78, 5) is 19.8. The summed E-state index contributed by atoms with van der Waals surface area (Å²) < 4.78 is 5.40. The van der Waals surface area contributed by atoms with Gasteiger partial charge in [0, 0.05) is 25.3 Å². The number of hydrogen-bond acceptors (Lipinski definition) is 4. The number of pyridine rings is 1. The second-order valence-corrected chi connectivity index (χ2v) is 8.28. The Kier molecular flexibility index (Phi) is 6.28. The number of carbonyl (C=O) groups excluding carboxylic acids is 1. The molecule has 1 aliphatic heterocycles. The molecule has 5 nitrogen and oxygen atoms in total. The maximum absolute atomic E-state index is 13.1. The molecule has 1 N–H and O–H groups in total. The number of morpholine rings is 1. The number of ether oxygens (including phenoxy) is 1. The predicted octanol–water partition coefficient (Wildman–Crippen LogP) is 3.96. The van der Waals surface area contributed by atoms with E-state index in [0.29, 0.717) is 32.3 Å². The lowest BCUT2D eigenvalue weighted by molar-refractivity contribution is 0.0301. The largest absolute Gasteiger partial charge is 0.378 e. The van der Waals surface area contributed by atoms with Crippen molar-refractivity contribution >= 4 is 11.7 Å². The number of aromatic nitrogens is 1. The zero-order valence-corrected chi connectivity index (χ0v) is 16.5. The Morgan fingerprint density at radius 2 is 1.63 bits per heavy atom. The van der Waals surface area contributed by atoms with Crippen LogP contribution in [0.1, 0.15) is 79.3 Å². The van der Waals surface area contributed by atoms with Crippen LogP contribution in [-0.2, 0) is 17.6 Å². The van der Waals surface area contributed by atoms with Crippen molar-refractivity contribution in [1.29, 1.82) is 0 Å². The lowest BCUT2D eigenvalue weighted by Gasteiger charge is -2.30. The Labute approximate surface area is 162 Å². The molecule has 5 heteroatoms. The summed E-state index contributed by atoms with van der Waals surface area (Å²) in [5.74, 6) is 1.19.